The molecule has 0 bridgehead atoms. The number of carbonyl (C=O) groups is 2. The van der Waals surface area contributed by atoms with Crippen LogP contribution in [-0.2, 0) is 15.8 Å². The molecule has 2 atom stereocenters. The van der Waals surface area contributed by atoms with E-state index in [0.29, 0.717) is 9.90 Å². The fourth-order valence-electron chi connectivity index (χ4n) is 2.39. The smallest absolute Gasteiger partial charge is 0.331 e. The highest BCUT2D eigenvalue weighted by atomic mass is 32.2. The molecule has 29 heavy (non-hydrogen) atoms. The van der Waals surface area contributed by atoms with E-state index < -0.39 is 17.0 Å². The van der Waals surface area contributed by atoms with Crippen LogP contribution in [-0.4, -0.2) is 29.7 Å². The Bertz CT molecular complexity index is 954. The summed E-state index contributed by atoms with van der Waals surface area (Å²) in [5, 5.41) is 5.73. The third-order valence-electron chi connectivity index (χ3n) is 3.79. The molecule has 0 spiro atoms. The highest BCUT2D eigenvalue weighted by Crippen LogP contribution is 2.20. The molecular formula is C20H24N3O3PS2. The number of aldehydes is 1. The number of nitrogens with one attached hydrogen (secondary N) is 3. The van der Waals surface area contributed by atoms with Gasteiger partial charge in [0.15, 0.2) is 11.0 Å². The second kappa shape index (κ2) is 11.7. The number of hydrogen-bond donors (Lipinski definition) is 3. The first kappa shape index (κ1) is 23.0. The first-order valence-corrected chi connectivity index (χ1v) is 12.1. The maximum absolute atomic E-state index is 12.0. The number of rotatable bonds is 5. The number of benzene rings is 1. The monoisotopic (exact) mass is 449 g/mol. The molecule has 1 aliphatic heterocycles. The lowest BCUT2D eigenvalue weighted by Gasteiger charge is -2.09. The van der Waals surface area contributed by atoms with Crippen LogP contribution in [0.5, 0.6) is 0 Å². The summed E-state index contributed by atoms with van der Waals surface area (Å²) >= 11 is 1.40. The fourth-order valence-corrected chi connectivity index (χ4v) is 5.08. The van der Waals surface area contributed by atoms with Crippen molar-refractivity contribution in [2.45, 2.75) is 18.1 Å². The van der Waals surface area contributed by atoms with E-state index >= 15 is 0 Å². The number of urea groups is 1. The van der Waals surface area contributed by atoms with Gasteiger partial charge in [0.2, 0.25) is 0 Å². The topological polar surface area (TPSA) is 87.3 Å². The predicted molar refractivity (Wildman–Crippen MR) is 125 cm³/mol. The number of anilines is 2. The van der Waals surface area contributed by atoms with Gasteiger partial charge in [-0.1, -0.05) is 26.5 Å². The molecule has 0 fully saturated rings. The quantitative estimate of drug-likeness (QED) is 0.461. The Kier molecular flexibility index (Phi) is 9.25. The molecule has 2 heterocycles. The van der Waals surface area contributed by atoms with Crippen LogP contribution in [0, 0.1) is 13.8 Å². The number of allylic oxidation sites excluding steroid dienone is 3. The van der Waals surface area contributed by atoms with Crippen molar-refractivity contribution in [3.8, 4) is 0 Å². The first-order valence-electron chi connectivity index (χ1n) is 8.82. The van der Waals surface area contributed by atoms with Gasteiger partial charge in [0.1, 0.15) is 10.5 Å². The second-order valence-electron chi connectivity index (χ2n) is 6.04. The van der Waals surface area contributed by atoms with E-state index in [4.69, 9.17) is 0 Å². The summed E-state index contributed by atoms with van der Waals surface area (Å²) in [6.45, 7) is 3.87. The van der Waals surface area contributed by atoms with Gasteiger partial charge in [0.25, 0.3) is 0 Å². The lowest BCUT2D eigenvalue weighted by molar-refractivity contribution is -0.104. The van der Waals surface area contributed by atoms with E-state index in [1.54, 1.807) is 12.1 Å². The average Bonchev–Trinajstić information content (AvgIpc) is 3.16. The summed E-state index contributed by atoms with van der Waals surface area (Å²) in [7, 11) is 1.12. The highest BCUT2D eigenvalue weighted by Gasteiger charge is 2.11. The van der Waals surface area contributed by atoms with Crippen molar-refractivity contribution >= 4 is 54.6 Å². The van der Waals surface area contributed by atoms with Crippen LogP contribution < -0.4 is 15.4 Å². The highest BCUT2D eigenvalue weighted by molar-refractivity contribution is 7.86. The Morgan fingerprint density at radius 2 is 2.03 bits per heavy atom. The summed E-state index contributed by atoms with van der Waals surface area (Å²) in [6.07, 6.45) is 5.89. The van der Waals surface area contributed by atoms with Gasteiger partial charge >= 0.3 is 6.03 Å². The van der Waals surface area contributed by atoms with Gasteiger partial charge in [-0.3, -0.25) is 9.52 Å². The van der Waals surface area contributed by atoms with E-state index in [-0.39, 0.29) is 0 Å². The Morgan fingerprint density at radius 1 is 1.24 bits per heavy atom. The lowest BCUT2D eigenvalue weighted by Crippen LogP contribution is -2.30. The van der Waals surface area contributed by atoms with E-state index in [9.17, 15) is 13.8 Å². The maximum atomic E-state index is 12.0. The van der Waals surface area contributed by atoms with Crippen molar-refractivity contribution in [3.63, 3.8) is 0 Å². The summed E-state index contributed by atoms with van der Waals surface area (Å²) in [5.41, 5.74) is 3.50. The third-order valence-corrected chi connectivity index (χ3v) is 7.17. The zero-order chi connectivity index (χ0) is 21.2. The van der Waals surface area contributed by atoms with Crippen LogP contribution in [0.25, 0.3) is 0 Å². The zero-order valence-corrected chi connectivity index (χ0v) is 19.1. The Morgan fingerprint density at radius 3 is 2.55 bits per heavy atom. The minimum Gasteiger partial charge on any atom is -0.388 e. The number of carbonyl (C=O) groups excluding carboxylic acids is 2. The summed E-state index contributed by atoms with van der Waals surface area (Å²) in [5.74, 6) is 1.98. The van der Waals surface area contributed by atoms with Crippen molar-refractivity contribution in [3.05, 3.63) is 64.3 Å². The molecule has 0 saturated heterocycles. The standard InChI is InChI=1S/C14H17N3O2S2.C6H7OP/c1-9-8-11(5-6-12(9)15-3)16-14(18)17-21(19)13-7-4-10(2)20-13;7-4-6-2-1-3-8-5-6/h4-8,15H,1-3H3,(H2,16,17,18);1-2,4-5,8H,3H2. The summed E-state index contributed by atoms with van der Waals surface area (Å²) in [4.78, 5) is 22.9. The molecule has 2 aromatic rings. The SMILES string of the molecule is CNc1ccc(NC(=O)NS(=O)c2ccc(C)s2)cc1C.O=CC1=CPCC=C1. The van der Waals surface area contributed by atoms with Gasteiger partial charge in [0.05, 0.1) is 0 Å². The predicted octanol–water partition coefficient (Wildman–Crippen LogP) is 4.57. The van der Waals surface area contributed by atoms with Crippen molar-refractivity contribution in [1.29, 1.82) is 0 Å². The summed E-state index contributed by atoms with van der Waals surface area (Å²) < 4.78 is 15.0. The average molecular weight is 450 g/mol. The van der Waals surface area contributed by atoms with Crippen molar-refractivity contribution in [2.24, 2.45) is 0 Å². The molecule has 3 rings (SSSR count). The van der Waals surface area contributed by atoms with Crippen LogP contribution >= 0.6 is 19.9 Å². The zero-order valence-electron chi connectivity index (χ0n) is 16.4. The van der Waals surface area contributed by atoms with Crippen LogP contribution in [0.3, 0.4) is 0 Å². The third kappa shape index (κ3) is 7.57. The second-order valence-corrected chi connectivity index (χ2v) is 9.88. The normalized spacial score (nSPS) is 14.2. The molecule has 154 valence electrons. The molecule has 2 amide bonds. The number of aryl methyl sites for hydroxylation is 2. The van der Waals surface area contributed by atoms with Gasteiger partial charge in [0, 0.05) is 28.9 Å². The van der Waals surface area contributed by atoms with Crippen LogP contribution in [0.1, 0.15) is 10.4 Å². The largest absolute Gasteiger partial charge is 0.388 e. The van der Waals surface area contributed by atoms with Crippen molar-refractivity contribution < 1.29 is 13.8 Å². The first-order chi connectivity index (χ1) is 13.9. The van der Waals surface area contributed by atoms with E-state index in [1.807, 2.05) is 57.1 Å². The van der Waals surface area contributed by atoms with Crippen LogP contribution in [0.4, 0.5) is 16.2 Å². The van der Waals surface area contributed by atoms with Crippen LogP contribution in [0.15, 0.2) is 58.1 Å². The molecule has 1 aliphatic rings. The Balaban J connectivity index is 0.000000313. The van der Waals surface area contributed by atoms with Crippen LogP contribution in [0.2, 0.25) is 0 Å². The van der Waals surface area contributed by atoms with Gasteiger partial charge in [-0.15, -0.1) is 11.3 Å². The molecule has 0 aliphatic carbocycles. The van der Waals surface area contributed by atoms with Gasteiger partial charge in [-0.05, 0) is 55.9 Å². The molecule has 3 N–H and O–H groups in total. The number of amides is 2. The molecule has 0 saturated carbocycles. The maximum Gasteiger partial charge on any atom is 0.331 e. The van der Waals surface area contributed by atoms with E-state index in [0.717, 1.165) is 42.7 Å². The molecule has 2 unspecified atom stereocenters. The molecule has 9 heteroatoms. The van der Waals surface area contributed by atoms with E-state index in [1.165, 1.54) is 11.3 Å². The van der Waals surface area contributed by atoms with Crippen molar-refractivity contribution in [1.82, 2.24) is 4.72 Å². The minimum absolute atomic E-state index is 0.490. The number of thiophene rings is 1. The van der Waals surface area contributed by atoms with Gasteiger partial charge < -0.3 is 10.6 Å². The molecule has 6 nitrogen and oxygen atoms in total. The molecule has 0 radical (unpaired) electrons. The molecule has 1 aromatic carbocycles. The minimum atomic E-state index is -1.53. The molecule has 1 aromatic heterocycles. The Hall–Kier alpha value is -2.28. The van der Waals surface area contributed by atoms with Gasteiger partial charge in [-0.2, -0.15) is 0 Å². The van der Waals surface area contributed by atoms with Crippen molar-refractivity contribution in [2.75, 3.05) is 23.8 Å². The van der Waals surface area contributed by atoms with Gasteiger partial charge in [-0.25, -0.2) is 9.00 Å². The van der Waals surface area contributed by atoms with E-state index in [2.05, 4.69) is 15.4 Å². The number of hydrogen-bond acceptors (Lipinski definition) is 5. The fraction of sp³-hybridized carbons (Fsp3) is 0.200. The molecular weight excluding hydrogens is 425 g/mol. The Labute approximate surface area is 179 Å². The summed E-state index contributed by atoms with van der Waals surface area (Å²) in [6, 6.07) is 8.65. The lowest BCUT2D eigenvalue weighted by atomic mass is 10.2.